The first-order chi connectivity index (χ1) is 13.2. The van der Waals surface area contributed by atoms with Gasteiger partial charge in [-0.3, -0.25) is 4.98 Å². The van der Waals surface area contributed by atoms with Gasteiger partial charge in [0, 0.05) is 24.5 Å². The van der Waals surface area contributed by atoms with Gasteiger partial charge in [-0.1, -0.05) is 24.3 Å². The fourth-order valence-electron chi connectivity index (χ4n) is 3.36. The highest BCUT2D eigenvalue weighted by molar-refractivity contribution is 6.17. The summed E-state index contributed by atoms with van der Waals surface area (Å²) in [6.45, 7) is 1.90. The van der Waals surface area contributed by atoms with Crippen molar-refractivity contribution in [3.63, 3.8) is 0 Å². The zero-order chi connectivity index (χ0) is 18.6. The Morgan fingerprint density at radius 2 is 1.70 bits per heavy atom. The van der Waals surface area contributed by atoms with Crippen molar-refractivity contribution >= 4 is 22.9 Å². The lowest BCUT2D eigenvalue weighted by molar-refractivity contribution is 0.402. The van der Waals surface area contributed by atoms with E-state index in [1.54, 1.807) is 0 Å². The highest BCUT2D eigenvalue weighted by atomic mass is 15.2. The first-order valence-corrected chi connectivity index (χ1v) is 9.21. The van der Waals surface area contributed by atoms with Gasteiger partial charge in [-0.25, -0.2) is 9.98 Å². The molecule has 1 aliphatic rings. The van der Waals surface area contributed by atoms with E-state index in [0.717, 1.165) is 53.7 Å². The van der Waals surface area contributed by atoms with Gasteiger partial charge in [0.25, 0.3) is 0 Å². The summed E-state index contributed by atoms with van der Waals surface area (Å²) in [5, 5.41) is 0. The molecule has 0 N–H and O–H groups in total. The molecular formula is C22H23N5. The second-order valence-corrected chi connectivity index (χ2v) is 6.85. The summed E-state index contributed by atoms with van der Waals surface area (Å²) >= 11 is 0. The Bertz CT molecular complexity index is 950. The van der Waals surface area contributed by atoms with Gasteiger partial charge in [0.15, 0.2) is 5.82 Å². The second kappa shape index (κ2) is 7.68. The van der Waals surface area contributed by atoms with Gasteiger partial charge in [-0.2, -0.15) is 0 Å². The van der Waals surface area contributed by atoms with Crippen LogP contribution in [0.5, 0.6) is 0 Å². The molecule has 5 nitrogen and oxygen atoms in total. The van der Waals surface area contributed by atoms with E-state index in [0.29, 0.717) is 0 Å². The summed E-state index contributed by atoms with van der Waals surface area (Å²) < 4.78 is 0. The third-order valence-corrected chi connectivity index (χ3v) is 4.60. The molecule has 0 unspecified atom stereocenters. The van der Waals surface area contributed by atoms with Gasteiger partial charge >= 0.3 is 0 Å². The lowest BCUT2D eigenvalue weighted by Gasteiger charge is -2.26. The minimum Gasteiger partial charge on any atom is -0.324 e. The topological polar surface area (TPSA) is 44.6 Å². The quantitative estimate of drug-likeness (QED) is 0.691. The molecule has 0 aliphatic carbocycles. The monoisotopic (exact) mass is 357 g/mol. The predicted molar refractivity (Wildman–Crippen MR) is 110 cm³/mol. The van der Waals surface area contributed by atoms with Gasteiger partial charge in [0.2, 0.25) is 0 Å². The number of nitrogens with zero attached hydrogens (tertiary/aromatic N) is 5. The number of hydrogen-bond donors (Lipinski definition) is 0. The smallest absolute Gasteiger partial charge is 0.159 e. The molecule has 0 radical (unpaired) electrons. The van der Waals surface area contributed by atoms with Crippen LogP contribution >= 0.6 is 0 Å². The van der Waals surface area contributed by atoms with Gasteiger partial charge in [-0.15, -0.1) is 0 Å². The average Bonchev–Trinajstić information content (AvgIpc) is 2.84. The van der Waals surface area contributed by atoms with Crippen molar-refractivity contribution in [1.82, 2.24) is 14.9 Å². The van der Waals surface area contributed by atoms with E-state index >= 15 is 0 Å². The normalized spacial score (nSPS) is 13.0. The molecule has 5 heteroatoms. The lowest BCUT2D eigenvalue weighted by Crippen LogP contribution is -2.24. The molecule has 0 bridgehead atoms. The molecule has 3 heterocycles. The zero-order valence-corrected chi connectivity index (χ0v) is 15.7. The third kappa shape index (κ3) is 3.59. The summed E-state index contributed by atoms with van der Waals surface area (Å²) in [7, 11) is 4.20. The molecule has 0 amide bonds. The number of benzene rings is 1. The molecule has 0 spiro atoms. The summed E-state index contributed by atoms with van der Waals surface area (Å²) in [4.78, 5) is 18.7. The highest BCUT2D eigenvalue weighted by Crippen LogP contribution is 2.38. The molecule has 0 saturated carbocycles. The van der Waals surface area contributed by atoms with E-state index in [4.69, 9.17) is 4.99 Å². The standard InChI is InChI=1S/C22H23N5/c1-26(2)15-8-16-27-20-12-4-3-9-17(20)21(18-10-5-6-13-23-18)25-19-11-7-14-24-22(19)27/h3-7,9-14H,8,15-16H2,1-2H3. The van der Waals surface area contributed by atoms with Crippen molar-refractivity contribution in [2.45, 2.75) is 6.42 Å². The Hall–Kier alpha value is -3.05. The molecule has 1 aromatic carbocycles. The van der Waals surface area contributed by atoms with Crippen molar-refractivity contribution in [3.05, 3.63) is 78.2 Å². The van der Waals surface area contributed by atoms with E-state index in [1.807, 2.05) is 42.7 Å². The van der Waals surface area contributed by atoms with E-state index in [-0.39, 0.29) is 0 Å². The van der Waals surface area contributed by atoms with Crippen LogP contribution in [0.25, 0.3) is 0 Å². The Kier molecular flexibility index (Phi) is 4.94. The van der Waals surface area contributed by atoms with E-state index in [2.05, 4.69) is 58.1 Å². The number of hydrogen-bond acceptors (Lipinski definition) is 5. The van der Waals surface area contributed by atoms with Crippen molar-refractivity contribution < 1.29 is 0 Å². The van der Waals surface area contributed by atoms with Gasteiger partial charge in [-0.05, 0) is 57.4 Å². The minimum absolute atomic E-state index is 0.870. The summed E-state index contributed by atoms with van der Waals surface area (Å²) in [5.74, 6) is 0.898. The molecule has 27 heavy (non-hydrogen) atoms. The van der Waals surface area contributed by atoms with Crippen molar-refractivity contribution in [3.8, 4) is 0 Å². The Morgan fingerprint density at radius 3 is 2.52 bits per heavy atom. The Labute approximate surface area is 160 Å². The first kappa shape index (κ1) is 17.4. The maximum atomic E-state index is 4.98. The third-order valence-electron chi connectivity index (χ3n) is 4.60. The zero-order valence-electron chi connectivity index (χ0n) is 15.7. The number of anilines is 2. The molecule has 4 rings (SSSR count). The van der Waals surface area contributed by atoms with Crippen molar-refractivity contribution in [2.75, 3.05) is 32.1 Å². The average molecular weight is 357 g/mol. The van der Waals surface area contributed by atoms with Crippen LogP contribution in [0.3, 0.4) is 0 Å². The van der Waals surface area contributed by atoms with Crippen LogP contribution in [0.1, 0.15) is 17.7 Å². The van der Waals surface area contributed by atoms with Crippen LogP contribution in [-0.4, -0.2) is 47.8 Å². The molecule has 0 atom stereocenters. The lowest BCUT2D eigenvalue weighted by atomic mass is 10.0. The minimum atomic E-state index is 0.870. The summed E-state index contributed by atoms with van der Waals surface area (Å²) in [6.07, 6.45) is 4.68. The van der Waals surface area contributed by atoms with Crippen LogP contribution in [0.4, 0.5) is 17.2 Å². The molecule has 3 aromatic rings. The number of pyridine rings is 2. The second-order valence-electron chi connectivity index (χ2n) is 6.85. The Balaban J connectivity index is 1.86. The maximum absolute atomic E-state index is 4.98. The molecular weight excluding hydrogens is 334 g/mol. The SMILES string of the molecule is CN(C)CCCN1c2ccccc2C(c2ccccn2)=Nc2cccnc21. The van der Waals surface area contributed by atoms with E-state index in [9.17, 15) is 0 Å². The molecule has 136 valence electrons. The van der Waals surface area contributed by atoms with Gasteiger partial charge < -0.3 is 9.80 Å². The fourth-order valence-corrected chi connectivity index (χ4v) is 3.36. The number of rotatable bonds is 5. The Morgan fingerprint density at radius 1 is 0.889 bits per heavy atom. The van der Waals surface area contributed by atoms with Crippen molar-refractivity contribution in [2.24, 2.45) is 4.99 Å². The highest BCUT2D eigenvalue weighted by Gasteiger charge is 2.24. The number of fused-ring (bicyclic) bond motifs is 2. The predicted octanol–water partition coefficient (Wildman–Crippen LogP) is 4.05. The maximum Gasteiger partial charge on any atom is 0.159 e. The van der Waals surface area contributed by atoms with Gasteiger partial charge in [0.1, 0.15) is 5.69 Å². The van der Waals surface area contributed by atoms with E-state index < -0.39 is 0 Å². The van der Waals surface area contributed by atoms with Gasteiger partial charge in [0.05, 0.1) is 17.1 Å². The summed E-state index contributed by atoms with van der Waals surface area (Å²) in [5.41, 5.74) is 4.84. The first-order valence-electron chi connectivity index (χ1n) is 9.21. The number of aliphatic imine (C=N–C) groups is 1. The largest absolute Gasteiger partial charge is 0.324 e. The fraction of sp³-hybridized carbons (Fsp3) is 0.227. The van der Waals surface area contributed by atoms with Crippen molar-refractivity contribution in [1.29, 1.82) is 0 Å². The number of aromatic nitrogens is 2. The van der Waals surface area contributed by atoms with Crippen LogP contribution in [0.15, 0.2) is 72.0 Å². The van der Waals surface area contributed by atoms with Crippen LogP contribution < -0.4 is 4.90 Å². The van der Waals surface area contributed by atoms with Crippen LogP contribution in [0.2, 0.25) is 0 Å². The van der Waals surface area contributed by atoms with E-state index in [1.165, 1.54) is 0 Å². The molecule has 0 saturated heterocycles. The summed E-state index contributed by atoms with van der Waals surface area (Å²) in [6, 6.07) is 18.3. The number of para-hydroxylation sites is 1. The molecule has 1 aliphatic heterocycles. The van der Waals surface area contributed by atoms with Crippen LogP contribution in [0, 0.1) is 0 Å². The molecule has 0 fully saturated rings. The van der Waals surface area contributed by atoms with Crippen LogP contribution in [-0.2, 0) is 0 Å². The molecule has 2 aromatic heterocycles.